The highest BCUT2D eigenvalue weighted by Crippen LogP contribution is 2.27. The molecule has 0 aliphatic rings. The Morgan fingerprint density at radius 3 is 2.31 bits per heavy atom. The standard InChI is InChI=1S/C11H16O2/c1-3-11(2,13)10(12)9-7-5-4-6-8-9/h4-8,10,12-13H,3H2,1-2H3. The van der Waals surface area contributed by atoms with Crippen LogP contribution in [0.2, 0.25) is 0 Å². The molecule has 0 aliphatic heterocycles. The van der Waals surface area contributed by atoms with Gasteiger partial charge in [0, 0.05) is 0 Å². The number of hydrogen-bond donors (Lipinski definition) is 2. The maximum atomic E-state index is 9.80. The van der Waals surface area contributed by atoms with Gasteiger partial charge in [-0.05, 0) is 18.9 Å². The van der Waals surface area contributed by atoms with Crippen molar-refractivity contribution in [1.82, 2.24) is 0 Å². The minimum absolute atomic E-state index is 0.531. The molecule has 0 aromatic heterocycles. The summed E-state index contributed by atoms with van der Waals surface area (Å²) in [5.41, 5.74) is -0.282. The zero-order valence-electron chi connectivity index (χ0n) is 8.07. The molecule has 0 fully saturated rings. The first-order valence-electron chi connectivity index (χ1n) is 4.53. The number of hydrogen-bond acceptors (Lipinski definition) is 2. The van der Waals surface area contributed by atoms with Gasteiger partial charge in [0.25, 0.3) is 0 Å². The molecule has 13 heavy (non-hydrogen) atoms. The highest BCUT2D eigenvalue weighted by atomic mass is 16.3. The monoisotopic (exact) mass is 180 g/mol. The summed E-state index contributed by atoms with van der Waals surface area (Å²) in [4.78, 5) is 0. The lowest BCUT2D eigenvalue weighted by molar-refractivity contribution is -0.0658. The first kappa shape index (κ1) is 10.2. The molecule has 2 N–H and O–H groups in total. The van der Waals surface area contributed by atoms with E-state index in [0.717, 1.165) is 5.56 Å². The van der Waals surface area contributed by atoms with Crippen LogP contribution in [0.3, 0.4) is 0 Å². The molecule has 0 spiro atoms. The molecule has 0 heterocycles. The molecule has 2 heteroatoms. The molecule has 0 saturated heterocycles. The molecule has 0 saturated carbocycles. The smallest absolute Gasteiger partial charge is 0.107 e. The van der Waals surface area contributed by atoms with E-state index in [1.54, 1.807) is 6.92 Å². The van der Waals surface area contributed by atoms with Crippen LogP contribution in [0, 0.1) is 0 Å². The van der Waals surface area contributed by atoms with Crippen LogP contribution in [0.25, 0.3) is 0 Å². The Balaban J connectivity index is 2.85. The molecular formula is C11H16O2. The van der Waals surface area contributed by atoms with E-state index in [1.807, 2.05) is 37.3 Å². The van der Waals surface area contributed by atoms with Crippen molar-refractivity contribution < 1.29 is 10.2 Å². The summed E-state index contributed by atoms with van der Waals surface area (Å²) < 4.78 is 0. The first-order valence-corrected chi connectivity index (χ1v) is 4.53. The average molecular weight is 180 g/mol. The summed E-state index contributed by atoms with van der Waals surface area (Å²) in [6.45, 7) is 3.50. The fraction of sp³-hybridized carbons (Fsp3) is 0.455. The minimum Gasteiger partial charge on any atom is -0.387 e. The Hall–Kier alpha value is -0.860. The van der Waals surface area contributed by atoms with Gasteiger partial charge in [0.15, 0.2) is 0 Å². The summed E-state index contributed by atoms with van der Waals surface area (Å²) in [7, 11) is 0. The predicted octanol–water partition coefficient (Wildman–Crippen LogP) is 1.88. The third-order valence-electron chi connectivity index (χ3n) is 2.42. The molecule has 0 radical (unpaired) electrons. The zero-order chi connectivity index (χ0) is 9.90. The van der Waals surface area contributed by atoms with Crippen molar-refractivity contribution in [1.29, 1.82) is 0 Å². The van der Waals surface area contributed by atoms with Crippen molar-refractivity contribution in [3.63, 3.8) is 0 Å². The van der Waals surface area contributed by atoms with E-state index in [4.69, 9.17) is 0 Å². The van der Waals surface area contributed by atoms with E-state index in [-0.39, 0.29) is 0 Å². The lowest BCUT2D eigenvalue weighted by atomic mass is 9.91. The highest BCUT2D eigenvalue weighted by molar-refractivity contribution is 5.19. The Morgan fingerprint density at radius 1 is 1.31 bits per heavy atom. The number of aliphatic hydroxyl groups is 2. The number of rotatable bonds is 3. The van der Waals surface area contributed by atoms with Crippen LogP contribution in [0.1, 0.15) is 31.9 Å². The average Bonchev–Trinajstić information content (AvgIpc) is 2.18. The molecule has 2 unspecified atom stereocenters. The van der Waals surface area contributed by atoms with Gasteiger partial charge in [-0.2, -0.15) is 0 Å². The van der Waals surface area contributed by atoms with Gasteiger partial charge in [-0.1, -0.05) is 37.3 Å². The summed E-state index contributed by atoms with van der Waals surface area (Å²) in [5, 5.41) is 19.6. The third kappa shape index (κ3) is 2.29. The molecular weight excluding hydrogens is 164 g/mol. The summed E-state index contributed by atoms with van der Waals surface area (Å²) in [5.74, 6) is 0. The quantitative estimate of drug-likeness (QED) is 0.745. The minimum atomic E-state index is -1.04. The molecule has 0 amide bonds. The predicted molar refractivity (Wildman–Crippen MR) is 52.3 cm³/mol. The third-order valence-corrected chi connectivity index (χ3v) is 2.42. The molecule has 2 nitrogen and oxygen atoms in total. The van der Waals surface area contributed by atoms with Crippen molar-refractivity contribution in [2.24, 2.45) is 0 Å². The van der Waals surface area contributed by atoms with Crippen LogP contribution >= 0.6 is 0 Å². The molecule has 1 aromatic carbocycles. The van der Waals surface area contributed by atoms with Crippen molar-refractivity contribution >= 4 is 0 Å². The van der Waals surface area contributed by atoms with Gasteiger partial charge in [-0.15, -0.1) is 0 Å². The van der Waals surface area contributed by atoms with Gasteiger partial charge >= 0.3 is 0 Å². The fourth-order valence-corrected chi connectivity index (χ4v) is 1.19. The van der Waals surface area contributed by atoms with Gasteiger partial charge in [0.2, 0.25) is 0 Å². The summed E-state index contributed by atoms with van der Waals surface area (Å²) >= 11 is 0. The lowest BCUT2D eigenvalue weighted by Crippen LogP contribution is -2.31. The lowest BCUT2D eigenvalue weighted by Gasteiger charge is -2.27. The Morgan fingerprint density at radius 2 is 1.85 bits per heavy atom. The van der Waals surface area contributed by atoms with E-state index >= 15 is 0 Å². The second-order valence-corrected chi connectivity index (χ2v) is 3.52. The van der Waals surface area contributed by atoms with Gasteiger partial charge in [-0.3, -0.25) is 0 Å². The van der Waals surface area contributed by atoms with Crippen LogP contribution in [0.5, 0.6) is 0 Å². The number of aliphatic hydroxyl groups excluding tert-OH is 1. The molecule has 72 valence electrons. The summed E-state index contributed by atoms with van der Waals surface area (Å²) in [6, 6.07) is 9.22. The fourth-order valence-electron chi connectivity index (χ4n) is 1.19. The molecule has 0 bridgehead atoms. The SMILES string of the molecule is CCC(C)(O)C(O)c1ccccc1. The molecule has 2 atom stereocenters. The molecule has 1 rings (SSSR count). The van der Waals surface area contributed by atoms with Crippen molar-refractivity contribution in [2.75, 3.05) is 0 Å². The Labute approximate surface area is 78.8 Å². The topological polar surface area (TPSA) is 40.5 Å². The first-order chi connectivity index (χ1) is 6.08. The van der Waals surface area contributed by atoms with E-state index in [0.29, 0.717) is 6.42 Å². The molecule has 0 aliphatic carbocycles. The normalized spacial score (nSPS) is 17.8. The highest BCUT2D eigenvalue weighted by Gasteiger charge is 2.29. The Bertz CT molecular complexity index is 254. The zero-order valence-corrected chi connectivity index (χ0v) is 8.07. The number of benzene rings is 1. The van der Waals surface area contributed by atoms with Crippen LogP contribution in [-0.4, -0.2) is 15.8 Å². The van der Waals surface area contributed by atoms with Crippen LogP contribution < -0.4 is 0 Å². The van der Waals surface area contributed by atoms with Gasteiger partial charge < -0.3 is 10.2 Å². The van der Waals surface area contributed by atoms with E-state index in [1.165, 1.54) is 0 Å². The van der Waals surface area contributed by atoms with Crippen LogP contribution in [0.4, 0.5) is 0 Å². The summed E-state index contributed by atoms with van der Waals surface area (Å²) in [6.07, 6.45) is -0.276. The van der Waals surface area contributed by atoms with E-state index in [2.05, 4.69) is 0 Å². The van der Waals surface area contributed by atoms with Gasteiger partial charge in [-0.25, -0.2) is 0 Å². The van der Waals surface area contributed by atoms with Crippen LogP contribution in [0.15, 0.2) is 30.3 Å². The van der Waals surface area contributed by atoms with E-state index < -0.39 is 11.7 Å². The maximum absolute atomic E-state index is 9.80. The van der Waals surface area contributed by atoms with Crippen LogP contribution in [-0.2, 0) is 0 Å². The van der Waals surface area contributed by atoms with Gasteiger partial charge in [0.05, 0.1) is 5.60 Å². The Kier molecular flexibility index (Phi) is 3.07. The van der Waals surface area contributed by atoms with Gasteiger partial charge in [0.1, 0.15) is 6.10 Å². The van der Waals surface area contributed by atoms with Crippen molar-refractivity contribution in [2.45, 2.75) is 32.0 Å². The van der Waals surface area contributed by atoms with Crippen molar-refractivity contribution in [3.8, 4) is 0 Å². The second-order valence-electron chi connectivity index (χ2n) is 3.52. The van der Waals surface area contributed by atoms with E-state index in [9.17, 15) is 10.2 Å². The van der Waals surface area contributed by atoms with Crippen molar-refractivity contribution in [3.05, 3.63) is 35.9 Å². The maximum Gasteiger partial charge on any atom is 0.107 e. The largest absolute Gasteiger partial charge is 0.387 e. The molecule has 1 aromatic rings. The second kappa shape index (κ2) is 3.90.